The van der Waals surface area contributed by atoms with Gasteiger partial charge in [-0.15, -0.1) is 0 Å². The Kier molecular flexibility index (Phi) is 8.02. The van der Waals surface area contributed by atoms with Gasteiger partial charge in [-0.1, -0.05) is 40.9 Å². The minimum absolute atomic E-state index is 0.194. The SMILES string of the molecule is NC(=O)c1ccc2cncc(-c3ccc(Cl)cc3Cl)c2n1.NC(=O)c1ccc2cncc(-c3ccc(Cl)nc3)c2n1. The lowest BCUT2D eigenvalue weighted by atomic mass is 10.0. The maximum Gasteiger partial charge on any atom is 0.267 e. The lowest BCUT2D eigenvalue weighted by Gasteiger charge is -2.08. The van der Waals surface area contributed by atoms with Gasteiger partial charge in [0.05, 0.1) is 16.1 Å². The summed E-state index contributed by atoms with van der Waals surface area (Å²) < 4.78 is 0. The van der Waals surface area contributed by atoms with Crippen molar-refractivity contribution in [1.82, 2.24) is 24.9 Å². The Balaban J connectivity index is 0.000000165. The van der Waals surface area contributed by atoms with Crippen molar-refractivity contribution in [2.24, 2.45) is 11.5 Å². The first-order valence-corrected chi connectivity index (χ1v) is 13.0. The van der Waals surface area contributed by atoms with E-state index in [1.807, 2.05) is 6.07 Å². The molecule has 1 aromatic carbocycles. The number of primary amides is 2. The first-order valence-electron chi connectivity index (χ1n) is 11.9. The molecule has 0 spiro atoms. The number of pyridine rings is 5. The standard InChI is InChI=1S/C15H9Cl2N3O.C14H9ClN4O/c16-9-2-3-10(12(17)5-9)11-7-19-6-8-1-4-13(15(18)21)20-14(8)11;15-12-4-2-8(6-18-12)10-7-17-5-9-1-3-11(14(16)20)19-13(9)10/h1-7H,(H2,18,21);1-7H,(H2,16,20). The maximum atomic E-state index is 11.3. The van der Waals surface area contributed by atoms with Crippen LogP contribution in [0.15, 0.2) is 85.6 Å². The molecule has 2 amide bonds. The molecule has 9 nitrogen and oxygen atoms in total. The Morgan fingerprint density at radius 2 is 1.20 bits per heavy atom. The van der Waals surface area contributed by atoms with Crippen molar-refractivity contribution in [3.63, 3.8) is 0 Å². The maximum absolute atomic E-state index is 11.3. The highest BCUT2D eigenvalue weighted by Gasteiger charge is 2.13. The molecule has 5 heterocycles. The predicted octanol–water partition coefficient (Wildman–Crippen LogP) is 6.15. The molecular weight excluding hydrogens is 585 g/mol. The van der Waals surface area contributed by atoms with E-state index in [4.69, 9.17) is 46.3 Å². The molecule has 0 saturated heterocycles. The van der Waals surface area contributed by atoms with Gasteiger partial charge >= 0.3 is 0 Å². The first kappa shape index (κ1) is 27.9. The van der Waals surface area contributed by atoms with Gasteiger partial charge in [0.25, 0.3) is 11.8 Å². The zero-order valence-corrected chi connectivity index (χ0v) is 23.2. The number of fused-ring (bicyclic) bond motifs is 2. The van der Waals surface area contributed by atoms with Gasteiger partial charge in [-0.3, -0.25) is 19.6 Å². The van der Waals surface area contributed by atoms with Gasteiger partial charge in [0.15, 0.2) is 0 Å². The van der Waals surface area contributed by atoms with Crippen LogP contribution in [0.2, 0.25) is 15.2 Å². The topological polar surface area (TPSA) is 151 Å². The number of carbonyl (C=O) groups excluding carboxylic acids is 2. The Morgan fingerprint density at radius 3 is 1.73 bits per heavy atom. The van der Waals surface area contributed by atoms with E-state index in [-0.39, 0.29) is 11.4 Å². The number of hydrogen-bond acceptors (Lipinski definition) is 7. The fourth-order valence-corrected chi connectivity index (χ4v) is 4.63. The summed E-state index contributed by atoms with van der Waals surface area (Å²) in [6.45, 7) is 0. The van der Waals surface area contributed by atoms with Crippen molar-refractivity contribution < 1.29 is 9.59 Å². The van der Waals surface area contributed by atoms with E-state index >= 15 is 0 Å². The van der Waals surface area contributed by atoms with Crippen LogP contribution in [0.4, 0.5) is 0 Å². The Hall–Kier alpha value is -4.70. The van der Waals surface area contributed by atoms with Gasteiger partial charge in [-0.05, 0) is 48.5 Å². The summed E-state index contributed by atoms with van der Waals surface area (Å²) in [5, 5.41) is 3.06. The number of hydrogen-bond donors (Lipinski definition) is 2. The number of carbonyl (C=O) groups is 2. The minimum atomic E-state index is -0.582. The third kappa shape index (κ3) is 6.07. The summed E-state index contributed by atoms with van der Waals surface area (Å²) >= 11 is 17.9. The molecule has 0 atom stereocenters. The summed E-state index contributed by atoms with van der Waals surface area (Å²) in [4.78, 5) is 43.5. The highest BCUT2D eigenvalue weighted by molar-refractivity contribution is 6.36. The van der Waals surface area contributed by atoms with E-state index in [1.54, 1.807) is 79.5 Å². The molecule has 12 heteroatoms. The number of rotatable bonds is 4. The van der Waals surface area contributed by atoms with Gasteiger partial charge in [0.2, 0.25) is 0 Å². The molecular formula is C29H18Cl3N7O2. The highest BCUT2D eigenvalue weighted by Crippen LogP contribution is 2.33. The third-order valence-electron chi connectivity index (χ3n) is 5.96. The second kappa shape index (κ2) is 11.8. The number of nitrogens with two attached hydrogens (primary N) is 2. The van der Waals surface area contributed by atoms with Gasteiger partial charge in [-0.2, -0.15) is 0 Å². The zero-order chi connectivity index (χ0) is 29.1. The summed E-state index contributed by atoms with van der Waals surface area (Å²) in [7, 11) is 0. The average molecular weight is 603 g/mol. The quantitative estimate of drug-likeness (QED) is 0.230. The van der Waals surface area contributed by atoms with Crippen LogP contribution in [0.3, 0.4) is 0 Å². The van der Waals surface area contributed by atoms with Crippen molar-refractivity contribution in [2.45, 2.75) is 0 Å². The molecule has 41 heavy (non-hydrogen) atoms. The van der Waals surface area contributed by atoms with Crippen LogP contribution < -0.4 is 11.5 Å². The van der Waals surface area contributed by atoms with Crippen molar-refractivity contribution in [3.8, 4) is 22.3 Å². The lowest BCUT2D eigenvalue weighted by molar-refractivity contribution is 0.0987. The molecule has 4 N–H and O–H groups in total. The van der Waals surface area contributed by atoms with Crippen LogP contribution >= 0.6 is 34.8 Å². The number of nitrogens with zero attached hydrogens (tertiary/aromatic N) is 5. The van der Waals surface area contributed by atoms with E-state index in [2.05, 4.69) is 24.9 Å². The fraction of sp³-hybridized carbons (Fsp3) is 0. The Labute approximate surface area is 248 Å². The van der Waals surface area contributed by atoms with E-state index in [0.29, 0.717) is 26.2 Å². The molecule has 0 radical (unpaired) electrons. The zero-order valence-electron chi connectivity index (χ0n) is 20.9. The fourth-order valence-electron chi connectivity index (χ4n) is 4.01. The van der Waals surface area contributed by atoms with Crippen molar-refractivity contribution >= 4 is 68.4 Å². The molecule has 0 saturated carbocycles. The van der Waals surface area contributed by atoms with Crippen LogP contribution in [0.1, 0.15) is 21.0 Å². The molecule has 6 rings (SSSR count). The van der Waals surface area contributed by atoms with Crippen LogP contribution in [0, 0.1) is 0 Å². The van der Waals surface area contributed by atoms with Crippen LogP contribution in [-0.2, 0) is 0 Å². The van der Waals surface area contributed by atoms with Gasteiger partial charge in [0.1, 0.15) is 16.5 Å². The predicted molar refractivity (Wildman–Crippen MR) is 160 cm³/mol. The Morgan fingerprint density at radius 1 is 0.610 bits per heavy atom. The summed E-state index contributed by atoms with van der Waals surface area (Å²) in [6, 6.07) is 15.4. The van der Waals surface area contributed by atoms with E-state index in [9.17, 15) is 9.59 Å². The van der Waals surface area contributed by atoms with Crippen LogP contribution in [-0.4, -0.2) is 36.7 Å². The Bertz CT molecular complexity index is 1950. The van der Waals surface area contributed by atoms with Gasteiger partial charge in [0, 0.05) is 69.0 Å². The molecule has 0 aliphatic carbocycles. The third-order valence-corrected chi connectivity index (χ3v) is 6.73. The molecule has 6 aromatic rings. The molecule has 0 aliphatic rings. The highest BCUT2D eigenvalue weighted by atomic mass is 35.5. The van der Waals surface area contributed by atoms with Crippen molar-refractivity contribution in [2.75, 3.05) is 0 Å². The molecule has 0 aliphatic heterocycles. The summed E-state index contributed by atoms with van der Waals surface area (Å²) in [6.07, 6.45) is 8.30. The lowest BCUT2D eigenvalue weighted by Crippen LogP contribution is -2.12. The van der Waals surface area contributed by atoms with Crippen LogP contribution in [0.25, 0.3) is 44.1 Å². The van der Waals surface area contributed by atoms with Gasteiger partial charge < -0.3 is 11.5 Å². The number of benzene rings is 1. The molecule has 0 fully saturated rings. The number of halogens is 3. The molecule has 5 aromatic heterocycles. The average Bonchev–Trinajstić information content (AvgIpc) is 2.97. The number of amides is 2. The summed E-state index contributed by atoms with van der Waals surface area (Å²) in [5.41, 5.74) is 15.3. The molecule has 0 unspecified atom stereocenters. The molecule has 202 valence electrons. The second-order valence-electron chi connectivity index (χ2n) is 8.63. The normalized spacial score (nSPS) is 10.7. The summed E-state index contributed by atoms with van der Waals surface area (Å²) in [5.74, 6) is -1.15. The van der Waals surface area contributed by atoms with E-state index in [1.165, 1.54) is 0 Å². The second-order valence-corrected chi connectivity index (χ2v) is 9.86. The van der Waals surface area contributed by atoms with E-state index in [0.717, 1.165) is 33.0 Å². The van der Waals surface area contributed by atoms with Crippen molar-refractivity contribution in [1.29, 1.82) is 0 Å². The number of aromatic nitrogens is 5. The van der Waals surface area contributed by atoms with E-state index < -0.39 is 11.8 Å². The monoisotopic (exact) mass is 601 g/mol. The van der Waals surface area contributed by atoms with Crippen molar-refractivity contribution in [3.05, 3.63) is 112 Å². The van der Waals surface area contributed by atoms with Gasteiger partial charge in [-0.25, -0.2) is 15.0 Å². The van der Waals surface area contributed by atoms with Crippen LogP contribution in [0.5, 0.6) is 0 Å². The smallest absolute Gasteiger partial charge is 0.267 e. The molecule has 0 bridgehead atoms. The minimum Gasteiger partial charge on any atom is -0.364 e. The first-order chi connectivity index (χ1) is 19.7. The largest absolute Gasteiger partial charge is 0.364 e.